The van der Waals surface area contributed by atoms with E-state index in [0.29, 0.717) is 0 Å². The van der Waals surface area contributed by atoms with Crippen molar-refractivity contribution in [1.29, 1.82) is 0 Å². The number of para-hydroxylation sites is 1. The van der Waals surface area contributed by atoms with Crippen molar-refractivity contribution in [3.05, 3.63) is 127 Å². The minimum Gasteiger partial charge on any atom is -0.345 e. The van der Waals surface area contributed by atoms with Crippen molar-refractivity contribution >= 4 is 17.1 Å². The van der Waals surface area contributed by atoms with Crippen molar-refractivity contribution in [3.63, 3.8) is 0 Å². The van der Waals surface area contributed by atoms with Crippen LogP contribution in [0.25, 0.3) is 0 Å². The minimum absolute atomic E-state index is 1.05. The van der Waals surface area contributed by atoms with E-state index in [0.717, 1.165) is 22.8 Å². The summed E-state index contributed by atoms with van der Waals surface area (Å²) in [4.78, 5) is 4.37. The van der Waals surface area contributed by atoms with Gasteiger partial charge in [-0.25, -0.2) is 0 Å². The molecule has 146 valence electrons. The van der Waals surface area contributed by atoms with Gasteiger partial charge in [0.1, 0.15) is 0 Å². The zero-order chi connectivity index (χ0) is 20.6. The van der Waals surface area contributed by atoms with Gasteiger partial charge in [0.05, 0.1) is 0 Å². The van der Waals surface area contributed by atoms with Gasteiger partial charge in [0, 0.05) is 36.0 Å². The molecular formula is C27H28N2. The summed E-state index contributed by atoms with van der Waals surface area (Å²) < 4.78 is 0. The van der Waals surface area contributed by atoms with E-state index in [1.165, 1.54) is 11.1 Å². The summed E-state index contributed by atoms with van der Waals surface area (Å²) in [7, 11) is 2.07. The summed E-state index contributed by atoms with van der Waals surface area (Å²) in [5.41, 5.74) is 6.91. The fourth-order valence-corrected chi connectivity index (χ4v) is 3.23. The third kappa shape index (κ3) is 5.26. The predicted octanol–water partition coefficient (Wildman–Crippen LogP) is 7.16. The van der Waals surface area contributed by atoms with Gasteiger partial charge in [0.15, 0.2) is 0 Å². The lowest BCUT2D eigenvalue weighted by Crippen LogP contribution is -2.16. The maximum absolute atomic E-state index is 3.89. The standard InChI is InChI=1S/C27H28N2/c1-5-11-24(28(4)25-14-7-6-8-15-25)18-19-29(26-16-9-12-22(2)20-26)27-17-10-13-23(3)21-27/h5-21H,1H2,2-4H3/b19-18-,24-11+. The zero-order valence-electron chi connectivity index (χ0n) is 17.4. The van der Waals surface area contributed by atoms with E-state index < -0.39 is 0 Å². The number of hydrogen-bond donors (Lipinski definition) is 0. The molecule has 0 aliphatic heterocycles. The van der Waals surface area contributed by atoms with E-state index in [-0.39, 0.29) is 0 Å². The largest absolute Gasteiger partial charge is 0.345 e. The second-order valence-electron chi connectivity index (χ2n) is 7.09. The average molecular weight is 381 g/mol. The molecule has 0 aromatic heterocycles. The van der Waals surface area contributed by atoms with E-state index in [1.54, 1.807) is 0 Å². The molecule has 2 nitrogen and oxygen atoms in total. The highest BCUT2D eigenvalue weighted by atomic mass is 15.1. The Bertz CT molecular complexity index is 970. The summed E-state index contributed by atoms with van der Waals surface area (Å²) in [6.07, 6.45) is 8.09. The van der Waals surface area contributed by atoms with Crippen LogP contribution in [0.15, 0.2) is 116 Å². The Hall–Kier alpha value is -3.52. The van der Waals surface area contributed by atoms with Crippen molar-refractivity contribution in [2.45, 2.75) is 13.8 Å². The van der Waals surface area contributed by atoms with Gasteiger partial charge >= 0.3 is 0 Å². The summed E-state index contributed by atoms with van der Waals surface area (Å²) in [6, 6.07) is 27.4. The molecule has 0 atom stereocenters. The molecule has 0 fully saturated rings. The molecule has 0 aliphatic carbocycles. The number of aryl methyl sites for hydroxylation is 2. The van der Waals surface area contributed by atoms with Crippen LogP contribution in [-0.4, -0.2) is 7.05 Å². The van der Waals surface area contributed by atoms with Crippen LogP contribution in [0, 0.1) is 13.8 Å². The van der Waals surface area contributed by atoms with Gasteiger partial charge in [-0.3, -0.25) is 0 Å². The van der Waals surface area contributed by atoms with Gasteiger partial charge in [0.2, 0.25) is 0 Å². The van der Waals surface area contributed by atoms with Gasteiger partial charge in [-0.1, -0.05) is 55.1 Å². The second kappa shape index (κ2) is 9.61. The van der Waals surface area contributed by atoms with Crippen LogP contribution < -0.4 is 9.80 Å². The van der Waals surface area contributed by atoms with Crippen molar-refractivity contribution in [1.82, 2.24) is 0 Å². The Morgan fingerprint density at radius 3 is 1.83 bits per heavy atom. The van der Waals surface area contributed by atoms with E-state index >= 15 is 0 Å². The molecule has 0 spiro atoms. The van der Waals surface area contributed by atoms with E-state index in [9.17, 15) is 0 Å². The number of anilines is 3. The molecule has 29 heavy (non-hydrogen) atoms. The molecule has 0 unspecified atom stereocenters. The van der Waals surface area contributed by atoms with Crippen molar-refractivity contribution in [2.24, 2.45) is 0 Å². The lowest BCUT2D eigenvalue weighted by molar-refractivity contribution is 1.13. The molecule has 0 saturated heterocycles. The molecule has 0 heterocycles. The van der Waals surface area contributed by atoms with Crippen LogP contribution in [0.3, 0.4) is 0 Å². The third-order valence-electron chi connectivity index (χ3n) is 4.77. The first-order chi connectivity index (χ1) is 14.1. The first-order valence-electron chi connectivity index (χ1n) is 9.81. The molecule has 2 heteroatoms. The number of rotatable bonds is 7. The lowest BCUT2D eigenvalue weighted by atomic mass is 10.1. The quantitative estimate of drug-likeness (QED) is 0.401. The number of nitrogens with zero attached hydrogens (tertiary/aromatic N) is 2. The highest BCUT2D eigenvalue weighted by Gasteiger charge is 2.09. The topological polar surface area (TPSA) is 6.48 Å². The molecule has 3 aromatic carbocycles. The summed E-state index contributed by atoms with van der Waals surface area (Å²) in [6.45, 7) is 8.13. The molecule has 3 rings (SSSR count). The first-order valence-corrected chi connectivity index (χ1v) is 9.81. The summed E-state index contributed by atoms with van der Waals surface area (Å²) in [5, 5.41) is 0. The van der Waals surface area contributed by atoms with E-state index in [1.807, 2.05) is 30.4 Å². The van der Waals surface area contributed by atoms with Crippen LogP contribution >= 0.6 is 0 Å². The molecule has 0 amide bonds. The van der Waals surface area contributed by atoms with Crippen LogP contribution in [-0.2, 0) is 0 Å². The Labute approximate surface area is 174 Å². The van der Waals surface area contributed by atoms with Gasteiger partial charge in [-0.2, -0.15) is 0 Å². The van der Waals surface area contributed by atoms with Crippen LogP contribution in [0.1, 0.15) is 11.1 Å². The van der Waals surface area contributed by atoms with Crippen molar-refractivity contribution < 1.29 is 0 Å². The fraction of sp³-hybridized carbons (Fsp3) is 0.111. The predicted molar refractivity (Wildman–Crippen MR) is 127 cm³/mol. The Morgan fingerprint density at radius 2 is 1.31 bits per heavy atom. The number of benzene rings is 3. The molecule has 0 radical (unpaired) electrons. The molecule has 0 N–H and O–H groups in total. The minimum atomic E-state index is 1.05. The fourth-order valence-electron chi connectivity index (χ4n) is 3.23. The smallest absolute Gasteiger partial charge is 0.0458 e. The van der Waals surface area contributed by atoms with E-state index in [2.05, 4.69) is 110 Å². The van der Waals surface area contributed by atoms with E-state index in [4.69, 9.17) is 0 Å². The average Bonchev–Trinajstić information content (AvgIpc) is 2.73. The van der Waals surface area contributed by atoms with Crippen molar-refractivity contribution in [3.8, 4) is 0 Å². The van der Waals surface area contributed by atoms with Crippen LogP contribution in [0.5, 0.6) is 0 Å². The Morgan fingerprint density at radius 1 is 0.759 bits per heavy atom. The highest BCUT2D eigenvalue weighted by Crippen LogP contribution is 2.28. The molecular weight excluding hydrogens is 352 g/mol. The highest BCUT2D eigenvalue weighted by molar-refractivity contribution is 5.68. The molecule has 0 bridgehead atoms. The lowest BCUT2D eigenvalue weighted by Gasteiger charge is -2.24. The molecule has 3 aromatic rings. The first kappa shape index (κ1) is 20.2. The van der Waals surface area contributed by atoms with Gasteiger partial charge in [-0.05, 0) is 73.5 Å². The van der Waals surface area contributed by atoms with Crippen LogP contribution in [0.2, 0.25) is 0 Å². The SMILES string of the molecule is C=C/C=C(\C=C/N(c1cccc(C)c1)c1cccc(C)c1)N(C)c1ccccc1. The Kier molecular flexibility index (Phi) is 6.70. The maximum atomic E-state index is 3.89. The molecule has 0 aliphatic rings. The Balaban J connectivity index is 2.00. The second-order valence-corrected chi connectivity index (χ2v) is 7.09. The zero-order valence-corrected chi connectivity index (χ0v) is 17.4. The maximum Gasteiger partial charge on any atom is 0.0458 e. The monoisotopic (exact) mass is 380 g/mol. The normalized spacial score (nSPS) is 11.5. The summed E-state index contributed by atoms with van der Waals surface area (Å²) in [5.74, 6) is 0. The van der Waals surface area contributed by atoms with Gasteiger partial charge < -0.3 is 9.80 Å². The van der Waals surface area contributed by atoms with Gasteiger partial charge in [0.25, 0.3) is 0 Å². The number of likely N-dealkylation sites (N-methyl/N-ethyl adjacent to an activating group) is 1. The molecule has 0 saturated carbocycles. The summed E-state index contributed by atoms with van der Waals surface area (Å²) >= 11 is 0. The number of hydrogen-bond acceptors (Lipinski definition) is 2. The third-order valence-corrected chi connectivity index (χ3v) is 4.77. The van der Waals surface area contributed by atoms with Crippen LogP contribution in [0.4, 0.5) is 17.1 Å². The van der Waals surface area contributed by atoms with Gasteiger partial charge in [-0.15, -0.1) is 0 Å². The number of allylic oxidation sites excluding steroid dienone is 3. The van der Waals surface area contributed by atoms with Crippen molar-refractivity contribution in [2.75, 3.05) is 16.8 Å².